The van der Waals surface area contributed by atoms with Crippen LogP contribution in [0.4, 0.5) is 0 Å². The summed E-state index contributed by atoms with van der Waals surface area (Å²) in [6, 6.07) is 8.85. The van der Waals surface area contributed by atoms with E-state index in [-0.39, 0.29) is 0 Å². The second-order valence-corrected chi connectivity index (χ2v) is 5.01. The molecule has 0 heterocycles. The van der Waals surface area contributed by atoms with Gasteiger partial charge in [0, 0.05) is 5.33 Å². The number of benzene rings is 1. The Morgan fingerprint density at radius 3 is 2.40 bits per heavy atom. The van der Waals surface area contributed by atoms with Gasteiger partial charge in [-0.3, -0.25) is 0 Å². The number of hydrogen-bond donors (Lipinski definition) is 0. The first-order valence-electron chi connectivity index (χ1n) is 5.54. The van der Waals surface area contributed by atoms with Crippen molar-refractivity contribution in [2.24, 2.45) is 5.92 Å². The first-order chi connectivity index (χ1) is 7.22. The third kappa shape index (κ3) is 5.17. The molecular weight excluding hydrogens is 248 g/mol. The van der Waals surface area contributed by atoms with Gasteiger partial charge in [0.1, 0.15) is 0 Å². The van der Waals surface area contributed by atoms with E-state index in [1.807, 2.05) is 0 Å². The Morgan fingerprint density at radius 2 is 1.87 bits per heavy atom. The van der Waals surface area contributed by atoms with Gasteiger partial charge in [-0.1, -0.05) is 66.2 Å². The normalized spacial score (nSPS) is 11.5. The third-order valence-corrected chi connectivity index (χ3v) is 2.67. The molecule has 1 heteroatoms. The number of hydrogen-bond acceptors (Lipinski definition) is 0. The highest BCUT2D eigenvalue weighted by Gasteiger charge is 1.96. The van der Waals surface area contributed by atoms with Crippen molar-refractivity contribution in [2.75, 3.05) is 5.33 Å². The summed E-state index contributed by atoms with van der Waals surface area (Å²) in [5.41, 5.74) is 2.73. The summed E-state index contributed by atoms with van der Waals surface area (Å²) >= 11 is 3.41. The second-order valence-electron chi connectivity index (χ2n) is 4.22. The second kappa shape index (κ2) is 6.84. The summed E-state index contributed by atoms with van der Waals surface area (Å²) in [7, 11) is 0. The van der Waals surface area contributed by atoms with Gasteiger partial charge in [0.2, 0.25) is 0 Å². The van der Waals surface area contributed by atoms with Crippen molar-refractivity contribution in [3.63, 3.8) is 0 Å². The van der Waals surface area contributed by atoms with Crippen molar-refractivity contribution in [3.05, 3.63) is 41.5 Å². The fourth-order valence-corrected chi connectivity index (χ4v) is 1.78. The highest BCUT2D eigenvalue weighted by molar-refractivity contribution is 9.09. The van der Waals surface area contributed by atoms with E-state index in [9.17, 15) is 0 Å². The largest absolute Gasteiger partial charge is 0.0925 e. The van der Waals surface area contributed by atoms with E-state index in [0.29, 0.717) is 0 Å². The zero-order valence-electron chi connectivity index (χ0n) is 9.54. The average Bonchev–Trinajstić information content (AvgIpc) is 2.20. The summed E-state index contributed by atoms with van der Waals surface area (Å²) < 4.78 is 0. The van der Waals surface area contributed by atoms with Gasteiger partial charge in [-0.25, -0.2) is 0 Å². The lowest BCUT2D eigenvalue weighted by Gasteiger charge is -2.04. The number of rotatable bonds is 5. The van der Waals surface area contributed by atoms with Gasteiger partial charge in [-0.2, -0.15) is 0 Å². The summed E-state index contributed by atoms with van der Waals surface area (Å²) in [5.74, 6) is 0.736. The Morgan fingerprint density at radius 1 is 1.20 bits per heavy atom. The lowest BCUT2D eigenvalue weighted by molar-refractivity contribution is 0.647. The van der Waals surface area contributed by atoms with Crippen LogP contribution >= 0.6 is 15.9 Å². The third-order valence-electron chi connectivity index (χ3n) is 2.21. The van der Waals surface area contributed by atoms with E-state index in [4.69, 9.17) is 0 Å². The van der Waals surface area contributed by atoms with Crippen molar-refractivity contribution in [2.45, 2.75) is 26.7 Å². The SMILES string of the molecule is CC(C)Cc1ccc(/C=C/CCBr)cc1. The van der Waals surface area contributed by atoms with Crippen LogP contribution in [-0.4, -0.2) is 5.33 Å². The minimum atomic E-state index is 0.736. The molecule has 0 radical (unpaired) electrons. The molecule has 0 unspecified atom stereocenters. The van der Waals surface area contributed by atoms with Crippen LogP contribution in [0.5, 0.6) is 0 Å². The predicted molar refractivity (Wildman–Crippen MR) is 72.4 cm³/mol. The Hall–Kier alpha value is -0.560. The van der Waals surface area contributed by atoms with Crippen molar-refractivity contribution < 1.29 is 0 Å². The molecule has 0 aliphatic carbocycles. The molecule has 0 saturated heterocycles. The summed E-state index contributed by atoms with van der Waals surface area (Å²) in [5, 5.41) is 1.04. The van der Waals surface area contributed by atoms with Crippen LogP contribution in [0.25, 0.3) is 6.08 Å². The zero-order chi connectivity index (χ0) is 11.1. The van der Waals surface area contributed by atoms with Crippen LogP contribution in [-0.2, 0) is 6.42 Å². The van der Waals surface area contributed by atoms with E-state index in [1.54, 1.807) is 0 Å². The Bertz CT molecular complexity index is 296. The number of allylic oxidation sites excluding steroid dienone is 1. The molecule has 0 aliphatic heterocycles. The van der Waals surface area contributed by atoms with E-state index in [0.717, 1.165) is 17.7 Å². The minimum absolute atomic E-state index is 0.736. The lowest BCUT2D eigenvalue weighted by Crippen LogP contribution is -1.93. The molecule has 1 aromatic rings. The van der Waals surface area contributed by atoms with Crippen molar-refractivity contribution >= 4 is 22.0 Å². The molecule has 0 spiro atoms. The standard InChI is InChI=1S/C14H19Br/c1-12(2)11-14-8-6-13(7-9-14)5-3-4-10-15/h3,5-9,12H,4,10-11H2,1-2H3/b5-3+. The topological polar surface area (TPSA) is 0 Å². The smallest absolute Gasteiger partial charge is 0.00660 e. The predicted octanol–water partition coefficient (Wildman–Crippen LogP) is 4.68. The van der Waals surface area contributed by atoms with Gasteiger partial charge in [-0.05, 0) is 29.9 Å². The van der Waals surface area contributed by atoms with Crippen LogP contribution in [0.15, 0.2) is 30.3 Å². The number of alkyl halides is 1. The lowest BCUT2D eigenvalue weighted by atomic mass is 10.0. The molecular formula is C14H19Br. The molecule has 0 fully saturated rings. The van der Waals surface area contributed by atoms with Crippen molar-refractivity contribution in [3.8, 4) is 0 Å². The molecule has 82 valence electrons. The molecule has 0 N–H and O–H groups in total. The van der Waals surface area contributed by atoms with Crippen LogP contribution in [0, 0.1) is 5.92 Å². The van der Waals surface area contributed by atoms with Gasteiger partial charge in [0.25, 0.3) is 0 Å². The Labute approximate surface area is 102 Å². The summed E-state index contributed by atoms with van der Waals surface area (Å²) in [6.07, 6.45) is 6.64. The van der Waals surface area contributed by atoms with E-state index in [2.05, 4.69) is 66.2 Å². The van der Waals surface area contributed by atoms with Crippen molar-refractivity contribution in [1.82, 2.24) is 0 Å². The Balaban J connectivity index is 2.56. The molecule has 1 aromatic carbocycles. The van der Waals surface area contributed by atoms with E-state index >= 15 is 0 Å². The Kier molecular flexibility index (Phi) is 5.70. The minimum Gasteiger partial charge on any atom is -0.0925 e. The first-order valence-corrected chi connectivity index (χ1v) is 6.66. The summed E-state index contributed by atoms with van der Waals surface area (Å²) in [6.45, 7) is 4.51. The first kappa shape index (κ1) is 12.5. The molecule has 0 aliphatic rings. The quantitative estimate of drug-likeness (QED) is 0.679. The van der Waals surface area contributed by atoms with Crippen molar-refractivity contribution in [1.29, 1.82) is 0 Å². The van der Waals surface area contributed by atoms with Gasteiger partial charge in [0.05, 0.1) is 0 Å². The average molecular weight is 267 g/mol. The van der Waals surface area contributed by atoms with Gasteiger partial charge < -0.3 is 0 Å². The summed E-state index contributed by atoms with van der Waals surface area (Å²) in [4.78, 5) is 0. The molecule has 0 saturated carbocycles. The molecule has 0 aromatic heterocycles. The molecule has 0 nitrogen and oxygen atoms in total. The molecule has 15 heavy (non-hydrogen) atoms. The fourth-order valence-electron chi connectivity index (χ4n) is 1.52. The zero-order valence-corrected chi connectivity index (χ0v) is 11.1. The molecule has 0 amide bonds. The van der Waals surface area contributed by atoms with Gasteiger partial charge >= 0.3 is 0 Å². The van der Waals surface area contributed by atoms with Gasteiger partial charge in [-0.15, -0.1) is 0 Å². The van der Waals surface area contributed by atoms with E-state index in [1.165, 1.54) is 17.5 Å². The molecule has 0 atom stereocenters. The van der Waals surface area contributed by atoms with Gasteiger partial charge in [0.15, 0.2) is 0 Å². The highest BCUT2D eigenvalue weighted by Crippen LogP contribution is 2.11. The highest BCUT2D eigenvalue weighted by atomic mass is 79.9. The van der Waals surface area contributed by atoms with Crippen LogP contribution < -0.4 is 0 Å². The van der Waals surface area contributed by atoms with Crippen LogP contribution in [0.3, 0.4) is 0 Å². The number of halogens is 1. The maximum atomic E-state index is 3.41. The van der Waals surface area contributed by atoms with Crippen LogP contribution in [0.1, 0.15) is 31.4 Å². The van der Waals surface area contributed by atoms with E-state index < -0.39 is 0 Å². The monoisotopic (exact) mass is 266 g/mol. The molecule has 1 rings (SSSR count). The maximum Gasteiger partial charge on any atom is 0.00660 e. The maximum absolute atomic E-state index is 3.41. The molecule has 0 bridgehead atoms. The fraction of sp³-hybridized carbons (Fsp3) is 0.429. The van der Waals surface area contributed by atoms with Crippen LogP contribution in [0.2, 0.25) is 0 Å².